The summed E-state index contributed by atoms with van der Waals surface area (Å²) in [6, 6.07) is 15.8. The van der Waals surface area contributed by atoms with Crippen LogP contribution < -0.4 is 5.43 Å². The lowest BCUT2D eigenvalue weighted by atomic mass is 10.0. The second-order valence-electron chi connectivity index (χ2n) is 7.28. The van der Waals surface area contributed by atoms with E-state index in [9.17, 15) is 14.7 Å². The monoisotopic (exact) mass is 467 g/mol. The molecule has 0 spiro atoms. The molecule has 0 atom stereocenters. The van der Waals surface area contributed by atoms with Crippen molar-refractivity contribution in [3.8, 4) is 5.75 Å². The van der Waals surface area contributed by atoms with Crippen LogP contribution in [0.1, 0.15) is 35.3 Å². The second-order valence-corrected chi connectivity index (χ2v) is 7.69. The predicted molar refractivity (Wildman–Crippen MR) is 130 cm³/mol. The summed E-state index contributed by atoms with van der Waals surface area (Å²) < 4.78 is 5.68. The van der Waals surface area contributed by atoms with Crippen LogP contribution in [0.25, 0.3) is 10.8 Å². The van der Waals surface area contributed by atoms with Gasteiger partial charge in [-0.15, -0.1) is 0 Å². The van der Waals surface area contributed by atoms with Crippen LogP contribution in [0.5, 0.6) is 5.75 Å². The first kappa shape index (κ1) is 24.2. The van der Waals surface area contributed by atoms with Crippen LogP contribution >= 0.6 is 11.6 Å². The summed E-state index contributed by atoms with van der Waals surface area (Å²) in [5.74, 6) is -0.566. The highest BCUT2D eigenvalue weighted by Gasteiger charge is 2.11. The molecule has 7 nitrogen and oxygen atoms in total. The number of ether oxygens (including phenoxy) is 1. The van der Waals surface area contributed by atoms with Gasteiger partial charge in [-0.2, -0.15) is 5.10 Å². The van der Waals surface area contributed by atoms with Crippen LogP contribution in [0.3, 0.4) is 0 Å². The maximum Gasteiger partial charge on any atom is 0.271 e. The molecule has 0 saturated carbocycles. The van der Waals surface area contributed by atoms with Gasteiger partial charge < -0.3 is 14.7 Å². The van der Waals surface area contributed by atoms with Gasteiger partial charge in [-0.05, 0) is 48.4 Å². The molecule has 0 aliphatic rings. The summed E-state index contributed by atoms with van der Waals surface area (Å²) >= 11 is 5.85. The summed E-state index contributed by atoms with van der Waals surface area (Å²) in [4.78, 5) is 26.2. The number of phenolic OH excluding ortho intramolecular Hbond substituents is 1. The fourth-order valence-corrected chi connectivity index (χ4v) is 3.61. The molecular weight excluding hydrogens is 442 g/mol. The van der Waals surface area contributed by atoms with Crippen LogP contribution in [0.15, 0.2) is 59.7 Å². The van der Waals surface area contributed by atoms with E-state index in [2.05, 4.69) is 10.5 Å². The molecule has 2 amide bonds. The van der Waals surface area contributed by atoms with Crippen LogP contribution in [-0.2, 0) is 16.1 Å². The summed E-state index contributed by atoms with van der Waals surface area (Å²) in [7, 11) is 0. The van der Waals surface area contributed by atoms with Gasteiger partial charge in [-0.3, -0.25) is 9.59 Å². The Labute approximate surface area is 197 Å². The molecule has 0 saturated heterocycles. The average Bonchev–Trinajstić information content (AvgIpc) is 2.82. The minimum Gasteiger partial charge on any atom is -0.506 e. The molecule has 0 aromatic heterocycles. The molecular formula is C25H26ClN3O4. The van der Waals surface area contributed by atoms with E-state index in [1.54, 1.807) is 11.1 Å². The average molecular weight is 468 g/mol. The van der Waals surface area contributed by atoms with Crippen LogP contribution in [0, 0.1) is 0 Å². The summed E-state index contributed by atoms with van der Waals surface area (Å²) in [6.07, 6.45) is 1.57. The minimum atomic E-state index is -0.444. The fourth-order valence-electron chi connectivity index (χ4n) is 3.43. The quantitative estimate of drug-likeness (QED) is 0.361. The number of amides is 2. The van der Waals surface area contributed by atoms with Gasteiger partial charge in [0.05, 0.1) is 17.8 Å². The molecule has 0 bridgehead atoms. The molecule has 2 N–H and O–H groups in total. The smallest absolute Gasteiger partial charge is 0.271 e. The number of phenols is 1. The molecule has 0 aliphatic heterocycles. The number of hydrogen-bond donors (Lipinski definition) is 2. The summed E-state index contributed by atoms with van der Waals surface area (Å²) in [5.41, 5.74) is 4.52. The van der Waals surface area contributed by atoms with E-state index in [-0.39, 0.29) is 28.8 Å². The van der Waals surface area contributed by atoms with Gasteiger partial charge in [-0.25, -0.2) is 5.43 Å². The van der Waals surface area contributed by atoms with Crippen molar-refractivity contribution < 1.29 is 19.4 Å². The number of nitrogens with one attached hydrogen (secondary N) is 1. The van der Waals surface area contributed by atoms with Crippen molar-refractivity contribution in [2.45, 2.75) is 20.5 Å². The maximum atomic E-state index is 12.3. The molecule has 3 aromatic carbocycles. The number of hydrazone groups is 1. The number of nitrogens with zero attached hydrogens (tertiary/aromatic N) is 2. The predicted octanol–water partition coefficient (Wildman–Crippen LogP) is 4.35. The van der Waals surface area contributed by atoms with Gasteiger partial charge in [0, 0.05) is 24.2 Å². The van der Waals surface area contributed by atoms with Crippen molar-refractivity contribution in [1.82, 2.24) is 10.3 Å². The van der Waals surface area contributed by atoms with Gasteiger partial charge >= 0.3 is 0 Å². The zero-order valence-corrected chi connectivity index (χ0v) is 19.3. The molecule has 0 heterocycles. The Morgan fingerprint density at radius 3 is 2.55 bits per heavy atom. The van der Waals surface area contributed by atoms with Gasteiger partial charge in [0.2, 0.25) is 5.91 Å². The molecule has 172 valence electrons. The van der Waals surface area contributed by atoms with Gasteiger partial charge in [0.15, 0.2) is 0 Å². The van der Waals surface area contributed by atoms with E-state index in [1.807, 2.05) is 50.2 Å². The van der Waals surface area contributed by atoms with Gasteiger partial charge in [-0.1, -0.05) is 48.0 Å². The van der Waals surface area contributed by atoms with Crippen molar-refractivity contribution in [3.05, 3.63) is 76.3 Å². The molecule has 0 unspecified atom stereocenters. The SMILES string of the molecule is CCN(CC)C(=O)COCc1cccc2c(C=NNC(=O)c3ccc(O)c(Cl)c3)cccc12. The van der Waals surface area contributed by atoms with Crippen LogP contribution in [0.2, 0.25) is 5.02 Å². The van der Waals surface area contributed by atoms with Crippen molar-refractivity contribution >= 4 is 40.4 Å². The number of carbonyl (C=O) groups excluding carboxylic acids is 2. The number of hydrogen-bond acceptors (Lipinski definition) is 5. The van der Waals surface area contributed by atoms with Gasteiger partial charge in [0.1, 0.15) is 12.4 Å². The Morgan fingerprint density at radius 2 is 1.82 bits per heavy atom. The third-order valence-corrected chi connectivity index (χ3v) is 5.53. The second kappa shape index (κ2) is 11.4. The molecule has 0 fully saturated rings. The topological polar surface area (TPSA) is 91.2 Å². The lowest BCUT2D eigenvalue weighted by Crippen LogP contribution is -2.33. The van der Waals surface area contributed by atoms with E-state index in [1.165, 1.54) is 18.2 Å². The van der Waals surface area contributed by atoms with E-state index in [0.717, 1.165) is 21.9 Å². The zero-order valence-electron chi connectivity index (χ0n) is 18.5. The zero-order chi connectivity index (χ0) is 23.8. The van der Waals surface area contributed by atoms with Gasteiger partial charge in [0.25, 0.3) is 5.91 Å². The lowest BCUT2D eigenvalue weighted by Gasteiger charge is -2.18. The highest BCUT2D eigenvalue weighted by molar-refractivity contribution is 6.32. The Hall–Kier alpha value is -3.42. The van der Waals surface area contributed by atoms with E-state index in [4.69, 9.17) is 16.3 Å². The summed E-state index contributed by atoms with van der Waals surface area (Å²) in [6.45, 7) is 5.54. The Kier molecular flexibility index (Phi) is 8.40. The Balaban J connectivity index is 1.70. The number of halogens is 1. The largest absolute Gasteiger partial charge is 0.506 e. The molecule has 33 heavy (non-hydrogen) atoms. The highest BCUT2D eigenvalue weighted by Crippen LogP contribution is 2.24. The third-order valence-electron chi connectivity index (χ3n) is 5.22. The number of aromatic hydroxyl groups is 1. The van der Waals surface area contributed by atoms with Crippen molar-refractivity contribution in [1.29, 1.82) is 0 Å². The number of fused-ring (bicyclic) bond motifs is 1. The Morgan fingerprint density at radius 1 is 1.09 bits per heavy atom. The van der Waals surface area contributed by atoms with E-state index in [0.29, 0.717) is 19.7 Å². The molecule has 3 rings (SSSR count). The first-order valence-electron chi connectivity index (χ1n) is 10.6. The Bertz CT molecular complexity index is 1180. The molecule has 3 aromatic rings. The standard InChI is InChI=1S/C25H26ClN3O4/c1-3-29(4-2)24(31)16-33-15-19-8-6-9-20-18(7-5-10-21(19)20)14-27-28-25(32)17-11-12-23(30)22(26)13-17/h5-14,30H,3-4,15-16H2,1-2H3,(H,28,32). The molecule has 8 heteroatoms. The molecule has 0 aliphatic carbocycles. The first-order chi connectivity index (χ1) is 15.9. The highest BCUT2D eigenvalue weighted by atomic mass is 35.5. The van der Waals surface area contributed by atoms with E-state index >= 15 is 0 Å². The summed E-state index contributed by atoms with van der Waals surface area (Å²) in [5, 5.41) is 15.6. The lowest BCUT2D eigenvalue weighted by molar-refractivity contribution is -0.136. The molecule has 0 radical (unpaired) electrons. The first-order valence-corrected chi connectivity index (χ1v) is 11.0. The van der Waals surface area contributed by atoms with Crippen molar-refractivity contribution in [3.63, 3.8) is 0 Å². The number of likely N-dealkylation sites (N-methyl/N-ethyl adjacent to an activating group) is 1. The normalized spacial score (nSPS) is 11.1. The van der Waals surface area contributed by atoms with Crippen LogP contribution in [0.4, 0.5) is 0 Å². The van der Waals surface area contributed by atoms with E-state index < -0.39 is 5.91 Å². The van der Waals surface area contributed by atoms with Crippen LogP contribution in [-0.4, -0.2) is 47.7 Å². The third kappa shape index (κ3) is 6.09. The number of rotatable bonds is 9. The fraction of sp³-hybridized carbons (Fsp3) is 0.240. The van der Waals surface area contributed by atoms with Crippen molar-refractivity contribution in [2.75, 3.05) is 19.7 Å². The minimum absolute atomic E-state index is 0.0290. The van der Waals surface area contributed by atoms with Crippen molar-refractivity contribution in [2.24, 2.45) is 5.10 Å². The number of benzene rings is 3. The number of carbonyl (C=O) groups is 2. The maximum absolute atomic E-state index is 12.3.